The van der Waals surface area contributed by atoms with Crippen LogP contribution in [0.3, 0.4) is 0 Å². The van der Waals surface area contributed by atoms with Crippen molar-refractivity contribution in [3.8, 4) is 0 Å². The molecule has 1 saturated heterocycles. The van der Waals surface area contributed by atoms with E-state index in [9.17, 15) is 4.79 Å². The molecule has 3 N–H and O–H groups in total. The molecule has 0 spiro atoms. The maximum absolute atomic E-state index is 12.2. The second-order valence-electron chi connectivity index (χ2n) is 5.49. The number of nitrogens with one attached hydrogen (secondary N) is 1. The van der Waals surface area contributed by atoms with Gasteiger partial charge in [-0.3, -0.25) is 9.78 Å². The van der Waals surface area contributed by atoms with Gasteiger partial charge in [-0.15, -0.1) is 0 Å². The van der Waals surface area contributed by atoms with Gasteiger partial charge in [-0.2, -0.15) is 0 Å². The Hall–Kier alpha value is -1.62. The molecule has 0 radical (unpaired) electrons. The fourth-order valence-corrected chi connectivity index (χ4v) is 2.62. The monoisotopic (exact) mass is 276 g/mol. The van der Waals surface area contributed by atoms with Crippen LogP contribution in [0.4, 0.5) is 5.69 Å². The number of hydrogen-bond acceptors (Lipinski definition) is 4. The zero-order valence-electron chi connectivity index (χ0n) is 12.4. The SMILES string of the molecule is CCN1CCC(CNC(=O)c2cc(N)cnc2C)CC1. The van der Waals surface area contributed by atoms with Crippen LogP contribution in [0.1, 0.15) is 35.8 Å². The van der Waals surface area contributed by atoms with Crippen molar-refractivity contribution >= 4 is 11.6 Å². The molecule has 2 heterocycles. The molecule has 110 valence electrons. The molecular formula is C15H24N4O. The van der Waals surface area contributed by atoms with Crippen LogP contribution in [0.25, 0.3) is 0 Å². The van der Waals surface area contributed by atoms with E-state index in [1.165, 1.54) is 0 Å². The van der Waals surface area contributed by atoms with Crippen LogP contribution >= 0.6 is 0 Å². The number of carbonyl (C=O) groups excluding carboxylic acids is 1. The minimum absolute atomic E-state index is 0.0692. The van der Waals surface area contributed by atoms with Gasteiger partial charge < -0.3 is 16.0 Å². The number of anilines is 1. The van der Waals surface area contributed by atoms with Gasteiger partial charge >= 0.3 is 0 Å². The van der Waals surface area contributed by atoms with Crippen molar-refractivity contribution in [2.24, 2.45) is 5.92 Å². The molecule has 20 heavy (non-hydrogen) atoms. The summed E-state index contributed by atoms with van der Waals surface area (Å²) >= 11 is 0. The molecule has 5 nitrogen and oxygen atoms in total. The number of nitrogens with zero attached hydrogens (tertiary/aromatic N) is 2. The molecule has 5 heteroatoms. The molecule has 1 aromatic rings. The molecule has 1 amide bonds. The number of likely N-dealkylation sites (tertiary alicyclic amines) is 1. The van der Waals surface area contributed by atoms with Gasteiger partial charge in [0.1, 0.15) is 0 Å². The number of nitrogens with two attached hydrogens (primary N) is 1. The van der Waals surface area contributed by atoms with Crippen LogP contribution < -0.4 is 11.1 Å². The van der Waals surface area contributed by atoms with Crippen molar-refractivity contribution in [2.75, 3.05) is 31.9 Å². The average molecular weight is 276 g/mol. The van der Waals surface area contributed by atoms with Crippen molar-refractivity contribution in [1.82, 2.24) is 15.2 Å². The highest BCUT2D eigenvalue weighted by Gasteiger charge is 2.19. The van der Waals surface area contributed by atoms with Crippen LogP contribution in [0.2, 0.25) is 0 Å². The summed E-state index contributed by atoms with van der Waals surface area (Å²) in [6.07, 6.45) is 3.89. The van der Waals surface area contributed by atoms with E-state index in [-0.39, 0.29) is 5.91 Å². The molecule has 2 rings (SSSR count). The topological polar surface area (TPSA) is 71.2 Å². The Morgan fingerprint density at radius 2 is 2.20 bits per heavy atom. The average Bonchev–Trinajstić information content (AvgIpc) is 2.47. The van der Waals surface area contributed by atoms with Crippen LogP contribution in [0, 0.1) is 12.8 Å². The quantitative estimate of drug-likeness (QED) is 0.873. The molecule has 0 atom stereocenters. The van der Waals surface area contributed by atoms with Crippen molar-refractivity contribution < 1.29 is 4.79 Å². The minimum atomic E-state index is -0.0692. The van der Waals surface area contributed by atoms with Crippen LogP contribution in [-0.4, -0.2) is 42.0 Å². The molecule has 0 unspecified atom stereocenters. The zero-order chi connectivity index (χ0) is 14.5. The van der Waals surface area contributed by atoms with Gasteiger partial charge in [-0.05, 0) is 51.4 Å². The third-order valence-corrected chi connectivity index (χ3v) is 4.06. The van der Waals surface area contributed by atoms with E-state index in [0.717, 1.165) is 44.7 Å². The molecule has 0 saturated carbocycles. The summed E-state index contributed by atoms with van der Waals surface area (Å²) < 4.78 is 0. The number of carbonyl (C=O) groups is 1. The highest BCUT2D eigenvalue weighted by Crippen LogP contribution is 2.16. The Kier molecular flexibility index (Phi) is 4.95. The highest BCUT2D eigenvalue weighted by atomic mass is 16.1. The summed E-state index contributed by atoms with van der Waals surface area (Å²) in [5, 5.41) is 3.02. The first-order valence-corrected chi connectivity index (χ1v) is 7.32. The largest absolute Gasteiger partial charge is 0.397 e. The van der Waals surface area contributed by atoms with Crippen molar-refractivity contribution in [2.45, 2.75) is 26.7 Å². The molecule has 0 aromatic carbocycles. The predicted octanol–water partition coefficient (Wildman–Crippen LogP) is 1.43. The number of aromatic nitrogens is 1. The van der Waals surface area contributed by atoms with E-state index in [2.05, 4.69) is 22.1 Å². The van der Waals surface area contributed by atoms with E-state index < -0.39 is 0 Å². The standard InChI is InChI=1S/C15H24N4O/c1-3-19-6-4-12(5-7-19)9-18-15(20)14-8-13(16)10-17-11(14)2/h8,10,12H,3-7,9,16H2,1-2H3,(H,18,20). The third-order valence-electron chi connectivity index (χ3n) is 4.06. The lowest BCUT2D eigenvalue weighted by atomic mass is 9.96. The number of rotatable bonds is 4. The summed E-state index contributed by atoms with van der Waals surface area (Å²) in [5.41, 5.74) is 7.51. The predicted molar refractivity (Wildman–Crippen MR) is 80.6 cm³/mol. The van der Waals surface area contributed by atoms with Crippen LogP contribution in [0.5, 0.6) is 0 Å². The summed E-state index contributed by atoms with van der Waals surface area (Å²) in [7, 11) is 0. The first-order valence-electron chi connectivity index (χ1n) is 7.32. The van der Waals surface area contributed by atoms with E-state index in [1.54, 1.807) is 12.3 Å². The fraction of sp³-hybridized carbons (Fsp3) is 0.600. The molecule has 0 aliphatic carbocycles. The second-order valence-corrected chi connectivity index (χ2v) is 5.49. The number of hydrogen-bond donors (Lipinski definition) is 2. The van der Waals surface area contributed by atoms with Crippen molar-refractivity contribution in [1.29, 1.82) is 0 Å². The van der Waals surface area contributed by atoms with Gasteiger partial charge in [0, 0.05) is 6.54 Å². The van der Waals surface area contributed by atoms with Gasteiger partial charge in [0.2, 0.25) is 0 Å². The summed E-state index contributed by atoms with van der Waals surface area (Å²) in [5.74, 6) is 0.510. The number of amides is 1. The number of aryl methyl sites for hydroxylation is 1. The Labute approximate surface area is 120 Å². The maximum atomic E-state index is 12.2. The third kappa shape index (κ3) is 3.70. The highest BCUT2D eigenvalue weighted by molar-refractivity contribution is 5.95. The Morgan fingerprint density at radius 3 is 2.85 bits per heavy atom. The normalized spacial score (nSPS) is 17.1. The van der Waals surface area contributed by atoms with Gasteiger partial charge in [-0.1, -0.05) is 6.92 Å². The lowest BCUT2D eigenvalue weighted by molar-refractivity contribution is 0.0936. The van der Waals surface area contributed by atoms with Crippen LogP contribution in [-0.2, 0) is 0 Å². The van der Waals surface area contributed by atoms with E-state index >= 15 is 0 Å². The van der Waals surface area contributed by atoms with Gasteiger partial charge in [0.05, 0.1) is 23.1 Å². The van der Waals surface area contributed by atoms with E-state index in [4.69, 9.17) is 5.73 Å². The first kappa shape index (κ1) is 14.8. The van der Waals surface area contributed by atoms with Gasteiger partial charge in [0.25, 0.3) is 5.91 Å². The van der Waals surface area contributed by atoms with Crippen LogP contribution in [0.15, 0.2) is 12.3 Å². The molecule has 1 aromatic heterocycles. The van der Waals surface area contributed by atoms with Gasteiger partial charge in [0.15, 0.2) is 0 Å². The van der Waals surface area contributed by atoms with Gasteiger partial charge in [-0.25, -0.2) is 0 Å². The maximum Gasteiger partial charge on any atom is 0.253 e. The zero-order valence-corrected chi connectivity index (χ0v) is 12.4. The summed E-state index contributed by atoms with van der Waals surface area (Å²) in [6.45, 7) is 8.15. The lowest BCUT2D eigenvalue weighted by Crippen LogP contribution is -2.38. The molecule has 1 aliphatic heterocycles. The first-order chi connectivity index (χ1) is 9.60. The Morgan fingerprint density at radius 1 is 1.50 bits per heavy atom. The smallest absolute Gasteiger partial charge is 0.253 e. The Balaban J connectivity index is 1.85. The number of pyridine rings is 1. The fourth-order valence-electron chi connectivity index (χ4n) is 2.62. The summed E-state index contributed by atoms with van der Waals surface area (Å²) in [6, 6.07) is 1.69. The molecule has 1 fully saturated rings. The van der Waals surface area contributed by atoms with Crippen molar-refractivity contribution in [3.63, 3.8) is 0 Å². The summed E-state index contributed by atoms with van der Waals surface area (Å²) in [4.78, 5) is 18.7. The lowest BCUT2D eigenvalue weighted by Gasteiger charge is -2.31. The molecular weight excluding hydrogens is 252 g/mol. The van der Waals surface area contributed by atoms with E-state index in [1.807, 2.05) is 6.92 Å². The molecule has 0 bridgehead atoms. The van der Waals surface area contributed by atoms with E-state index in [0.29, 0.717) is 17.2 Å². The molecule has 1 aliphatic rings. The number of nitrogen functional groups attached to an aromatic ring is 1. The Bertz CT molecular complexity index is 467. The minimum Gasteiger partial charge on any atom is -0.397 e. The van der Waals surface area contributed by atoms with Crippen molar-refractivity contribution in [3.05, 3.63) is 23.5 Å². The number of piperidine rings is 1. The second kappa shape index (κ2) is 6.70.